The number of hydrogen-bond donors (Lipinski definition) is 3. The molecule has 1 fully saturated rings. The third-order valence-corrected chi connectivity index (χ3v) is 7.52. The highest BCUT2D eigenvalue weighted by Crippen LogP contribution is 2.25. The van der Waals surface area contributed by atoms with Crippen molar-refractivity contribution in [2.24, 2.45) is 11.7 Å². The molecule has 1 aliphatic rings. The van der Waals surface area contributed by atoms with Gasteiger partial charge in [-0.1, -0.05) is 49.6 Å². The molecule has 166 valence electrons. The topological polar surface area (TPSA) is 68.5 Å². The molecule has 0 bridgehead atoms. The summed E-state index contributed by atoms with van der Waals surface area (Å²) in [7, 11) is -2.30. The summed E-state index contributed by atoms with van der Waals surface area (Å²) in [5.41, 5.74) is 14.7. The van der Waals surface area contributed by atoms with Gasteiger partial charge in [-0.2, -0.15) is 0 Å². The first kappa shape index (κ1) is 24.5. The van der Waals surface area contributed by atoms with Crippen LogP contribution in [0, 0.1) is 5.92 Å². The van der Waals surface area contributed by atoms with Crippen molar-refractivity contribution >= 4 is 8.56 Å². The van der Waals surface area contributed by atoms with Crippen molar-refractivity contribution in [3.63, 3.8) is 0 Å². The van der Waals surface area contributed by atoms with Gasteiger partial charge in [0.05, 0.1) is 23.8 Å². The average molecular weight is 422 g/mol. The summed E-state index contributed by atoms with van der Waals surface area (Å²) in [6.07, 6.45) is 6.60. The van der Waals surface area contributed by atoms with Crippen molar-refractivity contribution in [3.05, 3.63) is 35.9 Å². The van der Waals surface area contributed by atoms with Crippen LogP contribution in [0.15, 0.2) is 30.3 Å². The molecule has 0 aliphatic heterocycles. The number of hydrogen-bond acceptors (Lipinski definition) is 5. The molecule has 3 unspecified atom stereocenters. The van der Waals surface area contributed by atoms with E-state index in [0.29, 0.717) is 0 Å². The van der Waals surface area contributed by atoms with Crippen molar-refractivity contribution in [2.75, 3.05) is 6.54 Å². The van der Waals surface area contributed by atoms with E-state index in [4.69, 9.17) is 14.6 Å². The lowest BCUT2D eigenvalue weighted by atomic mass is 9.89. The first-order chi connectivity index (χ1) is 13.6. The minimum absolute atomic E-state index is 0.0331. The minimum Gasteiger partial charge on any atom is -0.390 e. The Morgan fingerprint density at radius 3 is 2.31 bits per heavy atom. The van der Waals surface area contributed by atoms with Gasteiger partial charge in [0, 0.05) is 6.54 Å². The second-order valence-corrected chi connectivity index (χ2v) is 13.2. The maximum absolute atomic E-state index is 6.72. The third kappa shape index (κ3) is 8.86. The molecule has 1 saturated carbocycles. The summed E-state index contributed by atoms with van der Waals surface area (Å²) >= 11 is 0. The van der Waals surface area contributed by atoms with E-state index in [2.05, 4.69) is 75.9 Å². The maximum atomic E-state index is 6.72. The first-order valence-electron chi connectivity index (χ1n) is 11.2. The van der Waals surface area contributed by atoms with Gasteiger partial charge in [0.2, 0.25) is 0 Å². The Balaban J connectivity index is 2.00. The Hall–Kier alpha value is -0.763. The molecule has 0 amide bonds. The molecule has 0 aromatic heterocycles. The lowest BCUT2D eigenvalue weighted by Crippen LogP contribution is -2.54. The SMILES string of the molecule is CC(O[Si](C)(C)OC(C)(C)C)C(N)C(NNCC1CCCCC1)c1ccccc1. The van der Waals surface area contributed by atoms with Crippen LogP contribution < -0.4 is 16.6 Å². The molecule has 5 nitrogen and oxygen atoms in total. The Morgan fingerprint density at radius 2 is 1.72 bits per heavy atom. The summed E-state index contributed by atoms with van der Waals surface area (Å²) in [6.45, 7) is 13.4. The summed E-state index contributed by atoms with van der Waals surface area (Å²) < 4.78 is 12.6. The Labute approximate surface area is 179 Å². The maximum Gasteiger partial charge on any atom is 0.332 e. The van der Waals surface area contributed by atoms with Gasteiger partial charge in [0.1, 0.15) is 0 Å². The molecule has 3 atom stereocenters. The Bertz CT molecular complexity index is 586. The molecule has 1 aromatic carbocycles. The van der Waals surface area contributed by atoms with Crippen LogP contribution in [0.3, 0.4) is 0 Å². The zero-order valence-corrected chi connectivity index (χ0v) is 20.3. The van der Waals surface area contributed by atoms with Gasteiger partial charge in [-0.3, -0.25) is 5.43 Å². The molecular weight excluding hydrogens is 378 g/mol. The molecule has 4 N–H and O–H groups in total. The standard InChI is InChI=1S/C23H43N3O2Si/c1-18(27-29(5,6)28-23(2,3)4)21(24)22(20-15-11-8-12-16-20)26-25-17-19-13-9-7-10-14-19/h8,11-12,15-16,18-19,21-22,25-26H,7,9-10,13-14,17,24H2,1-6H3. The molecule has 0 saturated heterocycles. The van der Waals surface area contributed by atoms with Crippen LogP contribution in [0.25, 0.3) is 0 Å². The molecule has 2 rings (SSSR count). The summed E-state index contributed by atoms with van der Waals surface area (Å²) in [6, 6.07) is 10.2. The Kier molecular flexibility index (Phi) is 9.32. The first-order valence-corrected chi connectivity index (χ1v) is 14.1. The smallest absolute Gasteiger partial charge is 0.332 e. The molecular formula is C23H43N3O2Si. The molecule has 29 heavy (non-hydrogen) atoms. The van der Waals surface area contributed by atoms with Gasteiger partial charge in [0.25, 0.3) is 0 Å². The highest BCUT2D eigenvalue weighted by molar-refractivity contribution is 6.64. The molecule has 1 aliphatic carbocycles. The van der Waals surface area contributed by atoms with Crippen LogP contribution in [-0.2, 0) is 8.85 Å². The van der Waals surface area contributed by atoms with Crippen molar-refractivity contribution in [2.45, 2.75) is 96.7 Å². The molecule has 0 heterocycles. The number of hydrazine groups is 1. The molecule has 0 radical (unpaired) electrons. The fourth-order valence-corrected chi connectivity index (χ4v) is 6.90. The van der Waals surface area contributed by atoms with E-state index in [-0.39, 0.29) is 23.8 Å². The quantitative estimate of drug-likeness (QED) is 0.379. The van der Waals surface area contributed by atoms with Crippen molar-refractivity contribution in [3.8, 4) is 0 Å². The van der Waals surface area contributed by atoms with E-state index in [0.717, 1.165) is 12.5 Å². The molecule has 1 aromatic rings. The number of rotatable bonds is 10. The van der Waals surface area contributed by atoms with Gasteiger partial charge < -0.3 is 14.6 Å². The zero-order valence-electron chi connectivity index (χ0n) is 19.3. The van der Waals surface area contributed by atoms with Crippen molar-refractivity contribution < 1.29 is 8.85 Å². The van der Waals surface area contributed by atoms with E-state index >= 15 is 0 Å². The Morgan fingerprint density at radius 1 is 1.10 bits per heavy atom. The van der Waals surface area contributed by atoms with Gasteiger partial charge >= 0.3 is 8.56 Å². The average Bonchev–Trinajstić information content (AvgIpc) is 2.64. The largest absolute Gasteiger partial charge is 0.390 e. The van der Waals surface area contributed by atoms with Crippen LogP contribution in [-0.4, -0.2) is 32.9 Å². The van der Waals surface area contributed by atoms with Crippen molar-refractivity contribution in [1.29, 1.82) is 0 Å². The van der Waals surface area contributed by atoms with Gasteiger partial charge in [-0.05, 0) is 65.1 Å². The second-order valence-electron chi connectivity index (χ2n) is 9.93. The lowest BCUT2D eigenvalue weighted by molar-refractivity contribution is 0.0403. The molecule has 0 spiro atoms. The highest BCUT2D eigenvalue weighted by Gasteiger charge is 2.36. The number of nitrogens with one attached hydrogen (secondary N) is 2. The predicted molar refractivity (Wildman–Crippen MR) is 124 cm³/mol. The van der Waals surface area contributed by atoms with E-state index < -0.39 is 8.56 Å². The van der Waals surface area contributed by atoms with E-state index in [1.807, 2.05) is 6.07 Å². The monoisotopic (exact) mass is 421 g/mol. The van der Waals surface area contributed by atoms with Crippen LogP contribution in [0.4, 0.5) is 0 Å². The fraction of sp³-hybridized carbons (Fsp3) is 0.739. The second kappa shape index (κ2) is 11.0. The zero-order chi connectivity index (χ0) is 21.5. The molecule has 6 heteroatoms. The van der Waals surface area contributed by atoms with Crippen LogP contribution in [0.1, 0.15) is 71.4 Å². The van der Waals surface area contributed by atoms with Crippen LogP contribution >= 0.6 is 0 Å². The van der Waals surface area contributed by atoms with E-state index in [1.54, 1.807) is 0 Å². The lowest BCUT2D eigenvalue weighted by Gasteiger charge is -2.37. The normalized spacial score (nSPS) is 19.7. The number of benzene rings is 1. The van der Waals surface area contributed by atoms with Crippen molar-refractivity contribution in [1.82, 2.24) is 10.9 Å². The third-order valence-electron chi connectivity index (χ3n) is 5.48. The minimum atomic E-state index is -2.30. The van der Waals surface area contributed by atoms with Gasteiger partial charge in [0.15, 0.2) is 0 Å². The van der Waals surface area contributed by atoms with Gasteiger partial charge in [-0.25, -0.2) is 5.43 Å². The summed E-state index contributed by atoms with van der Waals surface area (Å²) in [5.74, 6) is 0.754. The summed E-state index contributed by atoms with van der Waals surface area (Å²) in [4.78, 5) is 0. The highest BCUT2D eigenvalue weighted by atomic mass is 28.4. The number of nitrogens with two attached hydrogens (primary N) is 1. The van der Waals surface area contributed by atoms with Crippen LogP contribution in [0.5, 0.6) is 0 Å². The van der Waals surface area contributed by atoms with Crippen LogP contribution in [0.2, 0.25) is 13.1 Å². The van der Waals surface area contributed by atoms with E-state index in [9.17, 15) is 0 Å². The fourth-order valence-electron chi connectivity index (χ4n) is 4.33. The van der Waals surface area contributed by atoms with Gasteiger partial charge in [-0.15, -0.1) is 0 Å². The predicted octanol–water partition coefficient (Wildman–Crippen LogP) is 4.65. The van der Waals surface area contributed by atoms with E-state index in [1.165, 1.54) is 37.7 Å². The summed E-state index contributed by atoms with van der Waals surface area (Å²) in [5, 5.41) is 0.